The Morgan fingerprint density at radius 1 is 1.64 bits per heavy atom. The van der Waals surface area contributed by atoms with E-state index in [1.165, 1.54) is 12.4 Å². The normalized spacial score (nSPS) is 9.57. The third-order valence-corrected chi connectivity index (χ3v) is 1.65. The van der Waals surface area contributed by atoms with Crippen LogP contribution in [0.3, 0.4) is 0 Å². The van der Waals surface area contributed by atoms with Crippen LogP contribution in [0.2, 0.25) is 5.15 Å². The highest BCUT2D eigenvalue weighted by atomic mass is 35.5. The largest absolute Gasteiger partial charge is 0.296 e. The summed E-state index contributed by atoms with van der Waals surface area (Å²) < 4.78 is 1.57. The molecule has 74 valence electrons. The van der Waals surface area contributed by atoms with Crippen LogP contribution in [0.1, 0.15) is 10.5 Å². The summed E-state index contributed by atoms with van der Waals surface area (Å²) in [5.41, 5.74) is 0.121. The number of hydrogen-bond donors (Lipinski definition) is 1. The average Bonchev–Trinajstić information content (AvgIpc) is 2.15. The molecule has 1 aromatic heterocycles. The Balaban J connectivity index is 2.70. The summed E-state index contributed by atoms with van der Waals surface area (Å²) in [6.45, 7) is 3.90. The van der Waals surface area contributed by atoms with Crippen LogP contribution in [0.5, 0.6) is 0 Å². The number of aromatic nitrogens is 2. The van der Waals surface area contributed by atoms with Crippen molar-refractivity contribution < 1.29 is 9.37 Å². The first-order valence-electron chi connectivity index (χ1n) is 3.87. The molecule has 0 aliphatic heterocycles. The van der Waals surface area contributed by atoms with E-state index in [2.05, 4.69) is 22.0 Å². The summed E-state index contributed by atoms with van der Waals surface area (Å²) in [6.07, 6.45) is 2.83. The SMILES string of the molecule is C=[N+](C)CNC(=O)c1nccnc1Cl. The molecule has 6 heteroatoms. The van der Waals surface area contributed by atoms with Gasteiger partial charge in [0.15, 0.2) is 10.8 Å². The minimum Gasteiger partial charge on any atom is -0.296 e. The van der Waals surface area contributed by atoms with Gasteiger partial charge in [0.05, 0.1) is 0 Å². The number of amides is 1. The Morgan fingerprint density at radius 3 is 2.86 bits per heavy atom. The standard InChI is InChI=1S/C8H9ClN4O/c1-13(2)5-12-8(14)6-7(9)11-4-3-10-6/h3-4H,1,5H2,2H3/p+1. The lowest BCUT2D eigenvalue weighted by atomic mass is 10.4. The molecular formula is C8H10ClN4O+. The van der Waals surface area contributed by atoms with E-state index in [0.29, 0.717) is 6.67 Å². The second kappa shape index (κ2) is 4.66. The number of nitrogens with zero attached hydrogens (tertiary/aromatic N) is 3. The fourth-order valence-electron chi connectivity index (χ4n) is 0.764. The van der Waals surface area contributed by atoms with Crippen LogP contribution in [0.25, 0.3) is 0 Å². The lowest BCUT2D eigenvalue weighted by molar-refractivity contribution is -0.491. The van der Waals surface area contributed by atoms with Crippen LogP contribution < -0.4 is 5.32 Å². The number of carbonyl (C=O) groups is 1. The van der Waals surface area contributed by atoms with Gasteiger partial charge in [-0.25, -0.2) is 14.5 Å². The Labute approximate surface area is 86.5 Å². The van der Waals surface area contributed by atoms with E-state index < -0.39 is 0 Å². The summed E-state index contributed by atoms with van der Waals surface area (Å²) >= 11 is 5.67. The van der Waals surface area contributed by atoms with E-state index in [1.807, 2.05) is 0 Å². The minimum atomic E-state index is -0.362. The second-order valence-corrected chi connectivity index (χ2v) is 3.07. The van der Waals surface area contributed by atoms with E-state index in [1.54, 1.807) is 11.6 Å². The zero-order chi connectivity index (χ0) is 10.6. The summed E-state index contributed by atoms with van der Waals surface area (Å²) in [6, 6.07) is 0. The van der Waals surface area contributed by atoms with Crippen molar-refractivity contribution in [3.63, 3.8) is 0 Å². The molecule has 0 atom stereocenters. The molecule has 0 saturated carbocycles. The minimum absolute atomic E-state index is 0.0942. The Kier molecular flexibility index (Phi) is 3.53. The molecule has 0 spiro atoms. The van der Waals surface area contributed by atoms with Crippen LogP contribution in [-0.2, 0) is 0 Å². The molecule has 5 nitrogen and oxygen atoms in total. The van der Waals surface area contributed by atoms with Crippen molar-refractivity contribution in [1.82, 2.24) is 15.3 Å². The van der Waals surface area contributed by atoms with Gasteiger partial charge in [-0.3, -0.25) is 10.1 Å². The Hall–Kier alpha value is -1.49. The maximum absolute atomic E-state index is 11.4. The molecular weight excluding hydrogens is 204 g/mol. The van der Waals surface area contributed by atoms with Gasteiger partial charge in [-0.15, -0.1) is 0 Å². The number of rotatable bonds is 3. The molecule has 0 aliphatic carbocycles. The number of nitrogens with one attached hydrogen (secondary N) is 1. The summed E-state index contributed by atoms with van der Waals surface area (Å²) in [5, 5.41) is 2.67. The van der Waals surface area contributed by atoms with Gasteiger partial charge in [0.1, 0.15) is 13.8 Å². The van der Waals surface area contributed by atoms with Gasteiger partial charge in [-0.1, -0.05) is 11.6 Å². The predicted octanol–water partition coefficient (Wildman–Crippen LogP) is 0.160. The molecule has 0 unspecified atom stereocenters. The van der Waals surface area contributed by atoms with Gasteiger partial charge in [0, 0.05) is 12.4 Å². The first-order chi connectivity index (χ1) is 6.61. The van der Waals surface area contributed by atoms with Crippen LogP contribution in [0.15, 0.2) is 12.4 Å². The van der Waals surface area contributed by atoms with Gasteiger partial charge in [-0.05, 0) is 0 Å². The Bertz CT molecular complexity index is 366. The quantitative estimate of drug-likeness (QED) is 0.442. The molecule has 0 aromatic carbocycles. The number of carbonyl (C=O) groups excluding carboxylic acids is 1. The van der Waals surface area contributed by atoms with Gasteiger partial charge in [0.2, 0.25) is 6.67 Å². The third-order valence-electron chi connectivity index (χ3n) is 1.38. The highest BCUT2D eigenvalue weighted by Gasteiger charge is 2.12. The molecule has 0 radical (unpaired) electrons. The number of halogens is 1. The lowest BCUT2D eigenvalue weighted by Gasteiger charge is -2.01. The molecule has 1 aromatic rings. The highest BCUT2D eigenvalue weighted by molar-refractivity contribution is 6.32. The van der Waals surface area contributed by atoms with E-state index in [9.17, 15) is 4.79 Å². The van der Waals surface area contributed by atoms with E-state index >= 15 is 0 Å². The van der Waals surface area contributed by atoms with Gasteiger partial charge in [0.25, 0.3) is 5.91 Å². The average molecular weight is 214 g/mol. The molecule has 1 heterocycles. The summed E-state index contributed by atoms with van der Waals surface area (Å²) in [5.74, 6) is -0.362. The second-order valence-electron chi connectivity index (χ2n) is 2.72. The molecule has 0 saturated heterocycles. The van der Waals surface area contributed by atoms with Crippen LogP contribution in [0, 0.1) is 0 Å². The van der Waals surface area contributed by atoms with Crippen molar-refractivity contribution in [2.24, 2.45) is 0 Å². The van der Waals surface area contributed by atoms with Crippen LogP contribution in [-0.4, -0.2) is 40.9 Å². The predicted molar refractivity (Wildman–Crippen MR) is 52.7 cm³/mol. The van der Waals surface area contributed by atoms with E-state index in [4.69, 9.17) is 11.6 Å². The van der Waals surface area contributed by atoms with Crippen molar-refractivity contribution in [2.45, 2.75) is 0 Å². The Morgan fingerprint density at radius 2 is 2.29 bits per heavy atom. The van der Waals surface area contributed by atoms with Crippen molar-refractivity contribution in [2.75, 3.05) is 13.7 Å². The first kappa shape index (κ1) is 10.6. The molecule has 1 amide bonds. The van der Waals surface area contributed by atoms with Gasteiger partial charge >= 0.3 is 0 Å². The maximum Gasteiger partial charge on any atom is 0.277 e. The monoisotopic (exact) mass is 213 g/mol. The van der Waals surface area contributed by atoms with Crippen LogP contribution >= 0.6 is 11.6 Å². The van der Waals surface area contributed by atoms with Crippen molar-refractivity contribution in [1.29, 1.82) is 0 Å². The van der Waals surface area contributed by atoms with Crippen molar-refractivity contribution in [3.05, 3.63) is 23.2 Å². The first-order valence-corrected chi connectivity index (χ1v) is 4.25. The topological polar surface area (TPSA) is 57.9 Å². The van der Waals surface area contributed by atoms with Crippen molar-refractivity contribution >= 4 is 24.2 Å². The number of hydrogen-bond acceptors (Lipinski definition) is 3. The fraction of sp³-hybridized carbons (Fsp3) is 0.250. The maximum atomic E-state index is 11.4. The highest BCUT2D eigenvalue weighted by Crippen LogP contribution is 2.07. The molecule has 0 fully saturated rings. The van der Waals surface area contributed by atoms with Gasteiger partial charge < -0.3 is 0 Å². The fourth-order valence-corrected chi connectivity index (χ4v) is 0.955. The molecule has 0 aliphatic rings. The summed E-state index contributed by atoms with van der Waals surface area (Å²) in [4.78, 5) is 19.0. The van der Waals surface area contributed by atoms with Gasteiger partial charge in [-0.2, -0.15) is 0 Å². The van der Waals surface area contributed by atoms with Crippen molar-refractivity contribution in [3.8, 4) is 0 Å². The zero-order valence-corrected chi connectivity index (χ0v) is 8.45. The van der Waals surface area contributed by atoms with E-state index in [-0.39, 0.29) is 16.8 Å². The molecule has 1 N–H and O–H groups in total. The zero-order valence-electron chi connectivity index (χ0n) is 7.70. The lowest BCUT2D eigenvalue weighted by Crippen LogP contribution is -2.30. The molecule has 14 heavy (non-hydrogen) atoms. The van der Waals surface area contributed by atoms with Crippen LogP contribution in [0.4, 0.5) is 0 Å². The van der Waals surface area contributed by atoms with E-state index in [0.717, 1.165) is 0 Å². The molecule has 0 bridgehead atoms. The summed E-state index contributed by atoms with van der Waals surface area (Å²) in [7, 11) is 1.73. The smallest absolute Gasteiger partial charge is 0.277 e. The molecule has 1 rings (SSSR count). The third kappa shape index (κ3) is 2.77.